The van der Waals surface area contributed by atoms with Crippen molar-refractivity contribution in [3.05, 3.63) is 23.8 Å². The van der Waals surface area contributed by atoms with Crippen molar-refractivity contribution in [2.24, 2.45) is 11.8 Å². The molecule has 0 heterocycles. The number of benzene rings is 1. The normalized spacial score (nSPS) is 11.9. The van der Waals surface area contributed by atoms with E-state index in [9.17, 15) is 9.59 Å². The summed E-state index contributed by atoms with van der Waals surface area (Å²) in [7, 11) is 3.07. The highest BCUT2D eigenvalue weighted by molar-refractivity contribution is 5.97. The van der Waals surface area contributed by atoms with Gasteiger partial charge in [-0.1, -0.05) is 13.8 Å². The van der Waals surface area contributed by atoms with E-state index in [2.05, 4.69) is 5.32 Å². The largest absolute Gasteiger partial charge is 0.497 e. The zero-order chi connectivity index (χ0) is 16.0. The highest BCUT2D eigenvalue weighted by Crippen LogP contribution is 2.24. The van der Waals surface area contributed by atoms with Crippen LogP contribution in [0.3, 0.4) is 0 Å². The van der Waals surface area contributed by atoms with Crippen LogP contribution in [0.25, 0.3) is 0 Å². The van der Waals surface area contributed by atoms with E-state index in [1.165, 1.54) is 7.11 Å². The van der Waals surface area contributed by atoms with E-state index in [0.29, 0.717) is 11.5 Å². The molecule has 1 aromatic rings. The minimum absolute atomic E-state index is 0.197. The number of ether oxygens (including phenoxy) is 2. The molecule has 2 N–H and O–H groups in total. The Morgan fingerprint density at radius 2 is 1.90 bits per heavy atom. The molecule has 0 aliphatic heterocycles. The van der Waals surface area contributed by atoms with Gasteiger partial charge < -0.3 is 19.9 Å². The first-order valence-electron chi connectivity index (χ1n) is 6.62. The van der Waals surface area contributed by atoms with Crippen LogP contribution in [0.5, 0.6) is 11.5 Å². The van der Waals surface area contributed by atoms with Crippen molar-refractivity contribution in [2.75, 3.05) is 14.2 Å². The van der Waals surface area contributed by atoms with E-state index in [4.69, 9.17) is 14.6 Å². The van der Waals surface area contributed by atoms with Gasteiger partial charge in [0.2, 0.25) is 5.91 Å². The monoisotopic (exact) mass is 295 g/mol. The van der Waals surface area contributed by atoms with Crippen LogP contribution in [0.4, 0.5) is 0 Å². The fourth-order valence-electron chi connectivity index (χ4n) is 1.99. The van der Waals surface area contributed by atoms with Crippen molar-refractivity contribution in [3.63, 3.8) is 0 Å². The van der Waals surface area contributed by atoms with Gasteiger partial charge in [0.15, 0.2) is 0 Å². The summed E-state index contributed by atoms with van der Waals surface area (Å²) in [5.74, 6) is -1.74. The maximum absolute atomic E-state index is 12.0. The Hall–Kier alpha value is -2.24. The van der Waals surface area contributed by atoms with Crippen LogP contribution in [0.15, 0.2) is 18.2 Å². The lowest BCUT2D eigenvalue weighted by molar-refractivity contribution is -0.148. The van der Waals surface area contributed by atoms with Gasteiger partial charge >= 0.3 is 5.97 Å². The smallest absolute Gasteiger partial charge is 0.316 e. The van der Waals surface area contributed by atoms with Gasteiger partial charge in [-0.25, -0.2) is 0 Å². The molecule has 1 amide bonds. The Morgan fingerprint density at radius 3 is 2.38 bits per heavy atom. The maximum Gasteiger partial charge on any atom is 0.316 e. The number of carbonyl (C=O) groups excluding carboxylic acids is 1. The fraction of sp³-hybridized carbons (Fsp3) is 0.467. The number of methoxy groups -OCH3 is 2. The number of hydrogen-bond acceptors (Lipinski definition) is 4. The standard InChI is InChI=1S/C15H21NO5/c1-9(2)13(15(18)19)14(17)16-8-10-5-6-11(20-3)7-12(10)21-4/h5-7,9,13H,8H2,1-4H3,(H,16,17)(H,18,19). The van der Waals surface area contributed by atoms with E-state index >= 15 is 0 Å². The number of carbonyl (C=O) groups is 2. The topological polar surface area (TPSA) is 84.9 Å². The molecule has 1 unspecified atom stereocenters. The molecule has 1 atom stereocenters. The van der Waals surface area contributed by atoms with Gasteiger partial charge in [-0.05, 0) is 18.1 Å². The summed E-state index contributed by atoms with van der Waals surface area (Å²) in [5.41, 5.74) is 0.750. The highest BCUT2D eigenvalue weighted by atomic mass is 16.5. The van der Waals surface area contributed by atoms with Gasteiger partial charge in [0, 0.05) is 18.2 Å². The molecule has 116 valence electrons. The molecule has 0 radical (unpaired) electrons. The van der Waals surface area contributed by atoms with Crippen LogP contribution in [-0.2, 0) is 16.1 Å². The summed E-state index contributed by atoms with van der Waals surface area (Å²) < 4.78 is 10.3. The first-order valence-corrected chi connectivity index (χ1v) is 6.62. The molecule has 1 aromatic carbocycles. The van der Waals surface area contributed by atoms with E-state index < -0.39 is 17.8 Å². The number of hydrogen-bond donors (Lipinski definition) is 2. The van der Waals surface area contributed by atoms with Crippen molar-refractivity contribution in [3.8, 4) is 11.5 Å². The Labute approximate surface area is 124 Å². The Balaban J connectivity index is 2.79. The second-order valence-corrected chi connectivity index (χ2v) is 4.96. The zero-order valence-electron chi connectivity index (χ0n) is 12.7. The number of rotatable bonds is 7. The van der Waals surface area contributed by atoms with Crippen molar-refractivity contribution in [1.29, 1.82) is 0 Å². The highest BCUT2D eigenvalue weighted by Gasteiger charge is 2.29. The number of carboxylic acids is 1. The van der Waals surface area contributed by atoms with E-state index in [1.54, 1.807) is 39.2 Å². The molecule has 0 aliphatic rings. The molecule has 0 saturated heterocycles. The van der Waals surface area contributed by atoms with Crippen molar-refractivity contribution < 1.29 is 24.2 Å². The van der Waals surface area contributed by atoms with E-state index in [-0.39, 0.29) is 12.5 Å². The first kappa shape index (κ1) is 16.8. The van der Waals surface area contributed by atoms with E-state index in [0.717, 1.165) is 5.56 Å². The maximum atomic E-state index is 12.0. The third-order valence-electron chi connectivity index (χ3n) is 3.16. The van der Waals surface area contributed by atoms with Crippen LogP contribution >= 0.6 is 0 Å². The molecule has 0 fully saturated rings. The lowest BCUT2D eigenvalue weighted by Crippen LogP contribution is -2.38. The molecule has 0 saturated carbocycles. The molecule has 1 rings (SSSR count). The molecule has 0 aliphatic carbocycles. The molecular formula is C15H21NO5. The summed E-state index contributed by atoms with van der Waals surface area (Å²) in [6.07, 6.45) is 0. The average Bonchev–Trinajstić information content (AvgIpc) is 2.44. The third kappa shape index (κ3) is 4.37. The van der Waals surface area contributed by atoms with Crippen molar-refractivity contribution in [1.82, 2.24) is 5.32 Å². The van der Waals surface area contributed by atoms with Gasteiger partial charge in [0.25, 0.3) is 0 Å². The van der Waals surface area contributed by atoms with Crippen LogP contribution in [0, 0.1) is 11.8 Å². The second kappa shape index (κ2) is 7.52. The van der Waals surface area contributed by atoms with E-state index in [1.807, 2.05) is 0 Å². The predicted octanol–water partition coefficient (Wildman–Crippen LogP) is 1.68. The lowest BCUT2D eigenvalue weighted by atomic mass is 9.95. The van der Waals surface area contributed by atoms with Crippen LogP contribution in [0.1, 0.15) is 19.4 Å². The summed E-state index contributed by atoms with van der Waals surface area (Å²) in [6.45, 7) is 3.60. The fourth-order valence-corrected chi connectivity index (χ4v) is 1.99. The second-order valence-electron chi connectivity index (χ2n) is 4.96. The SMILES string of the molecule is COc1ccc(CNC(=O)C(C(=O)O)C(C)C)c(OC)c1. The first-order chi connectivity index (χ1) is 9.90. The Morgan fingerprint density at radius 1 is 1.24 bits per heavy atom. The van der Waals surface area contributed by atoms with Gasteiger partial charge in [0.05, 0.1) is 14.2 Å². The zero-order valence-corrected chi connectivity index (χ0v) is 12.7. The van der Waals surface area contributed by atoms with Crippen LogP contribution in [0.2, 0.25) is 0 Å². The number of amides is 1. The summed E-state index contributed by atoms with van der Waals surface area (Å²) in [4.78, 5) is 23.1. The number of aliphatic carboxylic acids is 1. The molecular weight excluding hydrogens is 274 g/mol. The summed E-state index contributed by atoms with van der Waals surface area (Å²) >= 11 is 0. The Kier molecular flexibility index (Phi) is 6.02. The summed E-state index contributed by atoms with van der Waals surface area (Å²) in [6, 6.07) is 5.23. The number of carboxylic acid groups (broad SMARTS) is 1. The summed E-state index contributed by atoms with van der Waals surface area (Å²) in [5, 5.41) is 11.7. The quantitative estimate of drug-likeness (QED) is 0.748. The molecule has 6 heteroatoms. The molecule has 0 aromatic heterocycles. The Bertz CT molecular complexity index is 513. The van der Waals surface area contributed by atoms with Gasteiger partial charge in [-0.3, -0.25) is 9.59 Å². The van der Waals surface area contributed by atoms with Crippen LogP contribution in [-0.4, -0.2) is 31.2 Å². The minimum Gasteiger partial charge on any atom is -0.497 e. The lowest BCUT2D eigenvalue weighted by Gasteiger charge is -2.17. The van der Waals surface area contributed by atoms with Crippen molar-refractivity contribution >= 4 is 11.9 Å². The molecule has 0 spiro atoms. The van der Waals surface area contributed by atoms with Crippen LogP contribution < -0.4 is 14.8 Å². The van der Waals surface area contributed by atoms with Gasteiger partial charge in [0.1, 0.15) is 17.4 Å². The molecule has 21 heavy (non-hydrogen) atoms. The number of nitrogens with one attached hydrogen (secondary N) is 1. The molecule has 0 bridgehead atoms. The minimum atomic E-state index is -1.12. The third-order valence-corrected chi connectivity index (χ3v) is 3.16. The van der Waals surface area contributed by atoms with Gasteiger partial charge in [-0.15, -0.1) is 0 Å². The van der Waals surface area contributed by atoms with Gasteiger partial charge in [-0.2, -0.15) is 0 Å². The molecule has 6 nitrogen and oxygen atoms in total. The van der Waals surface area contributed by atoms with Crippen molar-refractivity contribution in [2.45, 2.75) is 20.4 Å². The average molecular weight is 295 g/mol. The predicted molar refractivity (Wildman–Crippen MR) is 77.4 cm³/mol.